The van der Waals surface area contributed by atoms with Crippen molar-refractivity contribution >= 4 is 29.1 Å². The van der Waals surface area contributed by atoms with E-state index in [4.69, 9.17) is 4.74 Å². The Morgan fingerprint density at radius 1 is 1.29 bits per heavy atom. The Morgan fingerprint density at radius 2 is 2.00 bits per heavy atom. The van der Waals surface area contributed by atoms with Crippen molar-refractivity contribution in [1.82, 2.24) is 15.5 Å². The lowest BCUT2D eigenvalue weighted by molar-refractivity contribution is -0.133. The van der Waals surface area contributed by atoms with Gasteiger partial charge in [0.25, 0.3) is 5.91 Å². The van der Waals surface area contributed by atoms with Gasteiger partial charge in [0.2, 0.25) is 11.8 Å². The maximum Gasteiger partial charge on any atom is 0.262 e. The number of thiophene rings is 1. The fourth-order valence-electron chi connectivity index (χ4n) is 3.36. The van der Waals surface area contributed by atoms with Crippen LogP contribution in [0.2, 0.25) is 0 Å². The zero-order valence-corrected chi connectivity index (χ0v) is 17.7. The number of methoxy groups -OCH3 is 1. The minimum atomic E-state index is -0.617. The zero-order chi connectivity index (χ0) is 20.5. The van der Waals surface area contributed by atoms with Crippen LogP contribution in [0.15, 0.2) is 17.5 Å². The molecule has 3 amide bonds. The van der Waals surface area contributed by atoms with E-state index in [2.05, 4.69) is 10.6 Å². The Labute approximate surface area is 170 Å². The third-order valence-corrected chi connectivity index (χ3v) is 5.73. The molecule has 2 rings (SSSR count). The van der Waals surface area contributed by atoms with Crippen LogP contribution in [0.25, 0.3) is 0 Å². The summed E-state index contributed by atoms with van der Waals surface area (Å²) < 4.78 is 4.98. The molecule has 2 heterocycles. The van der Waals surface area contributed by atoms with E-state index < -0.39 is 6.04 Å². The van der Waals surface area contributed by atoms with Crippen LogP contribution in [0.1, 0.15) is 42.8 Å². The molecular formula is C20H31N3O4S. The Balaban J connectivity index is 1.99. The van der Waals surface area contributed by atoms with Crippen LogP contribution in [0.5, 0.6) is 0 Å². The van der Waals surface area contributed by atoms with Crippen molar-refractivity contribution in [3.63, 3.8) is 0 Å². The number of rotatable bonds is 9. The second kappa shape index (κ2) is 11.2. The molecule has 1 aliphatic rings. The van der Waals surface area contributed by atoms with Gasteiger partial charge in [-0.05, 0) is 36.1 Å². The number of nitrogens with zero attached hydrogens (tertiary/aromatic N) is 1. The third-order valence-electron chi connectivity index (χ3n) is 4.87. The molecule has 1 aromatic heterocycles. The third kappa shape index (κ3) is 6.60. The monoisotopic (exact) mass is 409 g/mol. The smallest absolute Gasteiger partial charge is 0.262 e. The van der Waals surface area contributed by atoms with Crippen LogP contribution >= 0.6 is 11.3 Å². The minimum Gasteiger partial charge on any atom is -0.383 e. The molecular weight excluding hydrogens is 378 g/mol. The topological polar surface area (TPSA) is 87.7 Å². The van der Waals surface area contributed by atoms with Gasteiger partial charge in [-0.25, -0.2) is 0 Å². The van der Waals surface area contributed by atoms with Gasteiger partial charge >= 0.3 is 0 Å². The van der Waals surface area contributed by atoms with Gasteiger partial charge in [0.1, 0.15) is 6.04 Å². The molecule has 0 bridgehead atoms. The lowest BCUT2D eigenvalue weighted by Crippen LogP contribution is -2.54. The first-order valence-corrected chi connectivity index (χ1v) is 10.7. The van der Waals surface area contributed by atoms with Crippen molar-refractivity contribution in [2.24, 2.45) is 11.8 Å². The first-order valence-electron chi connectivity index (χ1n) is 9.81. The summed E-state index contributed by atoms with van der Waals surface area (Å²) >= 11 is 1.35. The molecule has 1 unspecified atom stereocenters. The standard InChI is InChI=1S/C20H31N3O4S/c1-14(2)13-17(24)23-9-6-15(7-10-23)18(20(26)21-8-11-27-3)22-19(25)16-5-4-12-28-16/h4-5,12,14-15,18H,6-11,13H2,1-3H3,(H,21,26)(H,22,25). The predicted molar refractivity (Wildman–Crippen MR) is 109 cm³/mol. The first-order chi connectivity index (χ1) is 13.4. The first kappa shape index (κ1) is 22.4. The van der Waals surface area contributed by atoms with Gasteiger partial charge in [0.05, 0.1) is 11.5 Å². The van der Waals surface area contributed by atoms with Gasteiger partial charge in [-0.2, -0.15) is 0 Å². The molecule has 2 N–H and O–H groups in total. The number of nitrogens with one attached hydrogen (secondary N) is 2. The molecule has 1 aromatic rings. The Kier molecular flexibility index (Phi) is 8.92. The number of amides is 3. The number of ether oxygens (including phenoxy) is 1. The normalized spacial score (nSPS) is 16.1. The van der Waals surface area contributed by atoms with Crippen LogP contribution in [0.3, 0.4) is 0 Å². The summed E-state index contributed by atoms with van der Waals surface area (Å²) in [6.07, 6.45) is 1.93. The highest BCUT2D eigenvalue weighted by Crippen LogP contribution is 2.23. The van der Waals surface area contributed by atoms with Crippen molar-refractivity contribution in [2.45, 2.75) is 39.2 Å². The second-order valence-corrected chi connectivity index (χ2v) is 8.48. The molecule has 28 heavy (non-hydrogen) atoms. The van der Waals surface area contributed by atoms with Gasteiger partial charge in [-0.15, -0.1) is 11.3 Å². The average Bonchev–Trinajstić information content (AvgIpc) is 3.20. The zero-order valence-electron chi connectivity index (χ0n) is 16.9. The van der Waals surface area contributed by atoms with E-state index in [9.17, 15) is 14.4 Å². The van der Waals surface area contributed by atoms with Crippen molar-refractivity contribution in [3.05, 3.63) is 22.4 Å². The minimum absolute atomic E-state index is 0.00504. The van der Waals surface area contributed by atoms with Crippen LogP contribution in [0, 0.1) is 11.8 Å². The van der Waals surface area contributed by atoms with E-state index in [-0.39, 0.29) is 23.6 Å². The van der Waals surface area contributed by atoms with Gasteiger partial charge in [0.15, 0.2) is 0 Å². The van der Waals surface area contributed by atoms with E-state index in [0.29, 0.717) is 56.3 Å². The van der Waals surface area contributed by atoms with Crippen molar-refractivity contribution < 1.29 is 19.1 Å². The molecule has 8 heteroatoms. The molecule has 0 radical (unpaired) electrons. The van der Waals surface area contributed by atoms with E-state index in [1.165, 1.54) is 11.3 Å². The maximum atomic E-state index is 12.7. The number of carbonyl (C=O) groups excluding carboxylic acids is 3. The molecule has 7 nitrogen and oxygen atoms in total. The number of likely N-dealkylation sites (tertiary alicyclic amines) is 1. The Hall–Kier alpha value is -1.93. The number of hydrogen-bond donors (Lipinski definition) is 2. The number of piperidine rings is 1. The summed E-state index contributed by atoms with van der Waals surface area (Å²) in [5.41, 5.74) is 0. The second-order valence-electron chi connectivity index (χ2n) is 7.53. The largest absolute Gasteiger partial charge is 0.383 e. The summed E-state index contributed by atoms with van der Waals surface area (Å²) in [6.45, 7) is 6.11. The quantitative estimate of drug-likeness (QED) is 0.610. The highest BCUT2D eigenvalue weighted by molar-refractivity contribution is 7.12. The maximum absolute atomic E-state index is 12.7. The van der Waals surface area contributed by atoms with Gasteiger partial charge in [-0.1, -0.05) is 19.9 Å². The highest BCUT2D eigenvalue weighted by Gasteiger charge is 2.34. The summed E-state index contributed by atoms with van der Waals surface area (Å²) in [5, 5.41) is 7.58. The van der Waals surface area contributed by atoms with Crippen molar-refractivity contribution in [2.75, 3.05) is 33.4 Å². The van der Waals surface area contributed by atoms with E-state index in [1.807, 2.05) is 30.2 Å². The Morgan fingerprint density at radius 3 is 2.57 bits per heavy atom. The SMILES string of the molecule is COCCNC(=O)C(NC(=O)c1cccs1)C1CCN(C(=O)CC(C)C)CC1. The van der Waals surface area contributed by atoms with Gasteiger partial charge < -0.3 is 20.3 Å². The summed E-state index contributed by atoms with van der Waals surface area (Å²) in [4.78, 5) is 40.0. The molecule has 1 saturated heterocycles. The summed E-state index contributed by atoms with van der Waals surface area (Å²) in [6, 6.07) is 2.94. The molecule has 0 aliphatic carbocycles. The van der Waals surface area contributed by atoms with Crippen molar-refractivity contribution in [1.29, 1.82) is 0 Å². The molecule has 0 saturated carbocycles. The van der Waals surface area contributed by atoms with Gasteiger partial charge in [-0.3, -0.25) is 14.4 Å². The van der Waals surface area contributed by atoms with E-state index >= 15 is 0 Å². The highest BCUT2D eigenvalue weighted by atomic mass is 32.1. The Bertz CT molecular complexity index is 640. The average molecular weight is 410 g/mol. The molecule has 1 atom stereocenters. The molecule has 1 fully saturated rings. The molecule has 156 valence electrons. The molecule has 1 aliphatic heterocycles. The van der Waals surface area contributed by atoms with Gasteiger partial charge in [0, 0.05) is 33.2 Å². The van der Waals surface area contributed by atoms with E-state index in [1.54, 1.807) is 13.2 Å². The number of carbonyl (C=O) groups is 3. The lowest BCUT2D eigenvalue weighted by Gasteiger charge is -2.36. The lowest BCUT2D eigenvalue weighted by atomic mass is 9.88. The van der Waals surface area contributed by atoms with Crippen LogP contribution in [-0.4, -0.2) is 62.0 Å². The predicted octanol–water partition coefficient (Wildman–Crippen LogP) is 1.89. The fraction of sp³-hybridized carbons (Fsp3) is 0.650. The van der Waals surface area contributed by atoms with Crippen LogP contribution in [0.4, 0.5) is 0 Å². The van der Waals surface area contributed by atoms with E-state index in [0.717, 1.165) is 0 Å². The molecule has 0 aromatic carbocycles. The number of hydrogen-bond acceptors (Lipinski definition) is 5. The van der Waals surface area contributed by atoms with Crippen molar-refractivity contribution in [3.8, 4) is 0 Å². The molecule has 0 spiro atoms. The summed E-state index contributed by atoms with van der Waals surface area (Å²) in [7, 11) is 1.58. The summed E-state index contributed by atoms with van der Waals surface area (Å²) in [5.74, 6) is 0.0514. The van der Waals surface area contributed by atoms with Crippen LogP contribution in [-0.2, 0) is 14.3 Å². The van der Waals surface area contributed by atoms with Crippen LogP contribution < -0.4 is 10.6 Å². The fourth-order valence-corrected chi connectivity index (χ4v) is 3.99.